The second-order valence-electron chi connectivity index (χ2n) is 6.45. The molecule has 5 nitrogen and oxygen atoms in total. The van der Waals surface area contributed by atoms with Crippen LogP contribution in [0.5, 0.6) is 0 Å². The molecule has 1 heterocycles. The standard InChI is InChI=1S/C18H29N3O2/c1-3-9-18(2,19)17(22)20-14-16(15-7-5-4-6-8-15)21-10-12-23-13-11-21/h4-8,16H,3,9-14,19H2,1-2H3,(H,20,22). The third-order valence-electron chi connectivity index (χ3n) is 4.41. The van der Waals surface area contributed by atoms with Gasteiger partial charge in [-0.25, -0.2) is 0 Å². The third kappa shape index (κ3) is 5.03. The summed E-state index contributed by atoms with van der Waals surface area (Å²) in [6.07, 6.45) is 1.58. The maximum absolute atomic E-state index is 12.4. The fraction of sp³-hybridized carbons (Fsp3) is 0.611. The van der Waals surface area contributed by atoms with Gasteiger partial charge in [0.15, 0.2) is 0 Å². The van der Waals surface area contributed by atoms with Crippen LogP contribution in [0.25, 0.3) is 0 Å². The number of benzene rings is 1. The molecule has 1 aliphatic rings. The van der Waals surface area contributed by atoms with Crippen LogP contribution in [0.2, 0.25) is 0 Å². The summed E-state index contributed by atoms with van der Waals surface area (Å²) in [4.78, 5) is 14.8. The summed E-state index contributed by atoms with van der Waals surface area (Å²) < 4.78 is 5.45. The Morgan fingerprint density at radius 1 is 1.35 bits per heavy atom. The number of amides is 1. The highest BCUT2D eigenvalue weighted by Gasteiger charge is 2.29. The van der Waals surface area contributed by atoms with Crippen molar-refractivity contribution < 1.29 is 9.53 Å². The van der Waals surface area contributed by atoms with Gasteiger partial charge in [-0.2, -0.15) is 0 Å². The highest BCUT2D eigenvalue weighted by molar-refractivity contribution is 5.85. The van der Waals surface area contributed by atoms with E-state index in [1.165, 1.54) is 5.56 Å². The summed E-state index contributed by atoms with van der Waals surface area (Å²) in [5.74, 6) is -0.0754. The fourth-order valence-electron chi connectivity index (χ4n) is 3.05. The Bertz CT molecular complexity index is 484. The summed E-state index contributed by atoms with van der Waals surface area (Å²) in [6, 6.07) is 10.5. The molecule has 0 aromatic heterocycles. The zero-order valence-electron chi connectivity index (χ0n) is 14.3. The van der Waals surface area contributed by atoms with Crippen LogP contribution in [0.4, 0.5) is 0 Å². The van der Waals surface area contributed by atoms with E-state index in [0.29, 0.717) is 13.0 Å². The van der Waals surface area contributed by atoms with Crippen molar-refractivity contribution in [3.63, 3.8) is 0 Å². The van der Waals surface area contributed by atoms with Crippen molar-refractivity contribution in [2.24, 2.45) is 5.73 Å². The molecule has 0 bridgehead atoms. The van der Waals surface area contributed by atoms with Crippen molar-refractivity contribution in [1.82, 2.24) is 10.2 Å². The van der Waals surface area contributed by atoms with Gasteiger partial charge in [0.05, 0.1) is 24.8 Å². The molecule has 1 amide bonds. The second kappa shape index (κ2) is 8.43. The van der Waals surface area contributed by atoms with Crippen LogP contribution < -0.4 is 11.1 Å². The molecule has 23 heavy (non-hydrogen) atoms. The molecule has 0 saturated carbocycles. The summed E-state index contributed by atoms with van der Waals surface area (Å²) in [6.45, 7) is 7.65. The molecule has 0 spiro atoms. The number of nitrogens with zero attached hydrogens (tertiary/aromatic N) is 1. The zero-order valence-corrected chi connectivity index (χ0v) is 14.3. The Morgan fingerprint density at radius 3 is 2.61 bits per heavy atom. The van der Waals surface area contributed by atoms with Crippen molar-refractivity contribution in [2.75, 3.05) is 32.8 Å². The lowest BCUT2D eigenvalue weighted by Gasteiger charge is -2.35. The molecule has 1 aromatic rings. The molecule has 1 fully saturated rings. The molecule has 2 unspecified atom stereocenters. The van der Waals surface area contributed by atoms with Gasteiger partial charge in [-0.1, -0.05) is 43.7 Å². The smallest absolute Gasteiger partial charge is 0.239 e. The van der Waals surface area contributed by atoms with Gasteiger partial charge in [-0.15, -0.1) is 0 Å². The van der Waals surface area contributed by atoms with Crippen LogP contribution >= 0.6 is 0 Å². The molecule has 3 N–H and O–H groups in total. The molecule has 5 heteroatoms. The lowest BCUT2D eigenvalue weighted by Crippen LogP contribution is -2.53. The molecular weight excluding hydrogens is 290 g/mol. The molecule has 0 radical (unpaired) electrons. The fourth-order valence-corrected chi connectivity index (χ4v) is 3.05. The predicted octanol–water partition coefficient (Wildman–Crippen LogP) is 1.69. The Balaban J connectivity index is 2.04. The SMILES string of the molecule is CCCC(C)(N)C(=O)NCC(c1ccccc1)N1CCOCC1. The van der Waals surface area contributed by atoms with E-state index >= 15 is 0 Å². The Morgan fingerprint density at radius 2 is 2.00 bits per heavy atom. The van der Waals surface area contributed by atoms with Gasteiger partial charge in [0.1, 0.15) is 0 Å². The first-order valence-electron chi connectivity index (χ1n) is 8.48. The lowest BCUT2D eigenvalue weighted by molar-refractivity contribution is -0.126. The first-order valence-corrected chi connectivity index (χ1v) is 8.48. The van der Waals surface area contributed by atoms with E-state index in [1.807, 2.05) is 25.1 Å². The number of nitrogens with one attached hydrogen (secondary N) is 1. The van der Waals surface area contributed by atoms with Crippen LogP contribution in [0, 0.1) is 0 Å². The number of morpholine rings is 1. The maximum atomic E-state index is 12.4. The van der Waals surface area contributed by atoms with Crippen molar-refractivity contribution in [2.45, 2.75) is 38.3 Å². The predicted molar refractivity (Wildman–Crippen MR) is 92.1 cm³/mol. The molecule has 1 aliphatic heterocycles. The van der Waals surface area contributed by atoms with Gasteiger partial charge in [-0.05, 0) is 18.9 Å². The molecule has 1 aromatic carbocycles. The van der Waals surface area contributed by atoms with Crippen LogP contribution in [-0.4, -0.2) is 49.2 Å². The highest BCUT2D eigenvalue weighted by Crippen LogP contribution is 2.21. The normalized spacial score (nSPS) is 19.8. The van der Waals surface area contributed by atoms with E-state index < -0.39 is 5.54 Å². The molecule has 2 atom stereocenters. The molecule has 2 rings (SSSR count). The molecule has 0 aliphatic carbocycles. The quantitative estimate of drug-likeness (QED) is 0.802. The summed E-state index contributed by atoms with van der Waals surface area (Å²) >= 11 is 0. The van der Waals surface area contributed by atoms with Gasteiger partial charge in [0.25, 0.3) is 0 Å². The second-order valence-corrected chi connectivity index (χ2v) is 6.45. The van der Waals surface area contributed by atoms with Crippen molar-refractivity contribution in [3.05, 3.63) is 35.9 Å². The van der Waals surface area contributed by atoms with Gasteiger partial charge in [0.2, 0.25) is 5.91 Å². The topological polar surface area (TPSA) is 67.6 Å². The average Bonchev–Trinajstić information content (AvgIpc) is 2.57. The zero-order chi connectivity index (χ0) is 16.7. The largest absolute Gasteiger partial charge is 0.379 e. The maximum Gasteiger partial charge on any atom is 0.239 e. The lowest BCUT2D eigenvalue weighted by atomic mass is 9.96. The highest BCUT2D eigenvalue weighted by atomic mass is 16.5. The van der Waals surface area contributed by atoms with Gasteiger partial charge in [-0.3, -0.25) is 9.69 Å². The van der Waals surface area contributed by atoms with Crippen LogP contribution in [0.15, 0.2) is 30.3 Å². The number of hydrogen-bond acceptors (Lipinski definition) is 4. The molecular formula is C18H29N3O2. The summed E-state index contributed by atoms with van der Waals surface area (Å²) in [7, 11) is 0. The van der Waals surface area contributed by atoms with Gasteiger partial charge >= 0.3 is 0 Å². The number of hydrogen-bond donors (Lipinski definition) is 2. The van der Waals surface area contributed by atoms with Crippen LogP contribution in [0.3, 0.4) is 0 Å². The van der Waals surface area contributed by atoms with Gasteiger partial charge < -0.3 is 15.8 Å². The number of nitrogens with two attached hydrogens (primary N) is 1. The Labute approximate surface area is 139 Å². The number of carbonyl (C=O) groups is 1. The van der Waals surface area contributed by atoms with E-state index in [1.54, 1.807) is 6.92 Å². The van der Waals surface area contributed by atoms with Crippen molar-refractivity contribution >= 4 is 5.91 Å². The van der Waals surface area contributed by atoms with E-state index in [0.717, 1.165) is 32.7 Å². The van der Waals surface area contributed by atoms with Gasteiger partial charge in [0, 0.05) is 19.6 Å². The summed E-state index contributed by atoms with van der Waals surface area (Å²) in [5.41, 5.74) is 6.54. The first-order chi connectivity index (χ1) is 11.0. The number of ether oxygens (including phenoxy) is 1. The van der Waals surface area contributed by atoms with E-state index in [-0.39, 0.29) is 11.9 Å². The molecule has 128 valence electrons. The average molecular weight is 319 g/mol. The minimum Gasteiger partial charge on any atom is -0.379 e. The monoisotopic (exact) mass is 319 g/mol. The number of rotatable bonds is 7. The van der Waals surface area contributed by atoms with Crippen molar-refractivity contribution in [3.8, 4) is 0 Å². The van der Waals surface area contributed by atoms with E-state index in [9.17, 15) is 4.79 Å². The summed E-state index contributed by atoms with van der Waals surface area (Å²) in [5, 5.41) is 3.06. The first kappa shape index (κ1) is 17.9. The third-order valence-corrected chi connectivity index (χ3v) is 4.41. The number of carbonyl (C=O) groups excluding carboxylic acids is 1. The van der Waals surface area contributed by atoms with Crippen LogP contribution in [0.1, 0.15) is 38.3 Å². The molecule has 1 saturated heterocycles. The Kier molecular flexibility index (Phi) is 6.57. The van der Waals surface area contributed by atoms with E-state index in [4.69, 9.17) is 10.5 Å². The van der Waals surface area contributed by atoms with E-state index in [2.05, 4.69) is 22.3 Å². The minimum atomic E-state index is -0.805. The minimum absolute atomic E-state index is 0.0754. The van der Waals surface area contributed by atoms with Crippen molar-refractivity contribution in [1.29, 1.82) is 0 Å². The Hall–Kier alpha value is -1.43. The van der Waals surface area contributed by atoms with Crippen LogP contribution in [-0.2, 0) is 9.53 Å².